The Morgan fingerprint density at radius 2 is 1.12 bits per heavy atom. The molecule has 4 heteroatoms. The van der Waals surface area contributed by atoms with Crippen molar-refractivity contribution in [2.45, 2.75) is 57.3 Å². The van der Waals surface area contributed by atoms with Crippen LogP contribution in [0.5, 0.6) is 0 Å². The Bertz CT molecular complexity index is 152. The van der Waals surface area contributed by atoms with Gasteiger partial charge in [0.15, 0.2) is 0 Å². The molecule has 0 atom stereocenters. The molecule has 0 saturated carbocycles. The van der Waals surface area contributed by atoms with Gasteiger partial charge in [0.1, 0.15) is 0 Å². The van der Waals surface area contributed by atoms with E-state index in [-0.39, 0.29) is 0 Å². The Morgan fingerprint density at radius 1 is 0.706 bits per heavy atom. The number of unbranched alkanes of at least 4 members (excludes halogenated alkanes) is 6. The highest BCUT2D eigenvalue weighted by atomic mass is 16.9. The van der Waals surface area contributed by atoms with Crippen molar-refractivity contribution < 1.29 is 14.2 Å². The summed E-state index contributed by atoms with van der Waals surface area (Å²) in [5.74, 6) is -0.848. The Labute approximate surface area is 106 Å². The predicted octanol–water partition coefficient (Wildman–Crippen LogP) is 2.66. The molecule has 17 heavy (non-hydrogen) atoms. The largest absolute Gasteiger partial charge is 0.331 e. The van der Waals surface area contributed by atoms with Crippen LogP contribution in [0.2, 0.25) is 0 Å². The third-order valence-electron chi connectivity index (χ3n) is 3.12. The number of hydrogen-bond donors (Lipinski definition) is 1. The Balaban J connectivity index is 3.43. The van der Waals surface area contributed by atoms with Gasteiger partial charge in [0.2, 0.25) is 0 Å². The van der Waals surface area contributed by atoms with Crippen LogP contribution in [-0.4, -0.2) is 33.8 Å². The summed E-state index contributed by atoms with van der Waals surface area (Å²) >= 11 is 0. The van der Waals surface area contributed by atoms with Gasteiger partial charge in [0.05, 0.1) is 0 Å². The lowest BCUT2D eigenvalue weighted by Gasteiger charge is -2.28. The van der Waals surface area contributed by atoms with E-state index in [1.54, 1.807) is 21.3 Å². The number of rotatable bonds is 12. The maximum absolute atomic E-state index is 5.44. The zero-order valence-corrected chi connectivity index (χ0v) is 11.7. The topological polar surface area (TPSA) is 53.7 Å². The van der Waals surface area contributed by atoms with Gasteiger partial charge in [-0.25, -0.2) is 0 Å². The molecule has 0 aliphatic rings. The van der Waals surface area contributed by atoms with E-state index in [9.17, 15) is 0 Å². The quantitative estimate of drug-likeness (QED) is 0.425. The van der Waals surface area contributed by atoms with Crippen LogP contribution in [0.25, 0.3) is 0 Å². The molecule has 4 nitrogen and oxygen atoms in total. The number of nitrogens with two attached hydrogens (primary N) is 1. The van der Waals surface area contributed by atoms with E-state index in [0.717, 1.165) is 25.8 Å². The molecule has 0 radical (unpaired) electrons. The number of hydrogen-bond acceptors (Lipinski definition) is 4. The fourth-order valence-corrected chi connectivity index (χ4v) is 1.93. The van der Waals surface area contributed by atoms with E-state index >= 15 is 0 Å². The molecular weight excluding hydrogens is 218 g/mol. The first kappa shape index (κ1) is 16.8. The highest BCUT2D eigenvalue weighted by molar-refractivity contribution is 4.56. The first-order valence-corrected chi connectivity index (χ1v) is 6.60. The standard InChI is InChI=1S/C13H29NO3/c1-15-13(16-2,17-3)11-9-7-5-4-6-8-10-12-14/h4-12,14H2,1-3H3. The van der Waals surface area contributed by atoms with Crippen LogP contribution in [0.3, 0.4) is 0 Å². The first-order chi connectivity index (χ1) is 8.24. The van der Waals surface area contributed by atoms with Crippen molar-refractivity contribution in [2.24, 2.45) is 5.73 Å². The molecule has 0 amide bonds. The van der Waals surface area contributed by atoms with Gasteiger partial charge in [-0.3, -0.25) is 0 Å². The molecule has 104 valence electrons. The molecule has 0 saturated heterocycles. The minimum Gasteiger partial charge on any atom is -0.331 e. The van der Waals surface area contributed by atoms with Crippen LogP contribution >= 0.6 is 0 Å². The second kappa shape index (κ2) is 11.0. The van der Waals surface area contributed by atoms with Crippen molar-refractivity contribution in [3.05, 3.63) is 0 Å². The Morgan fingerprint density at radius 3 is 1.53 bits per heavy atom. The highest BCUT2D eigenvalue weighted by Gasteiger charge is 2.28. The van der Waals surface area contributed by atoms with Gasteiger partial charge in [-0.15, -0.1) is 0 Å². The summed E-state index contributed by atoms with van der Waals surface area (Å²) in [6, 6.07) is 0. The van der Waals surface area contributed by atoms with Crippen molar-refractivity contribution in [2.75, 3.05) is 27.9 Å². The third kappa shape index (κ3) is 7.71. The SMILES string of the molecule is COC(CCCCCCCCCN)(OC)OC. The molecule has 0 fully saturated rings. The lowest BCUT2D eigenvalue weighted by molar-refractivity contribution is -0.355. The van der Waals surface area contributed by atoms with Gasteiger partial charge in [0.25, 0.3) is 5.97 Å². The molecule has 0 aromatic carbocycles. The fourth-order valence-electron chi connectivity index (χ4n) is 1.93. The molecular formula is C13H29NO3. The number of methoxy groups -OCH3 is 3. The highest BCUT2D eigenvalue weighted by Crippen LogP contribution is 2.21. The minimum atomic E-state index is -0.848. The molecule has 0 spiro atoms. The van der Waals surface area contributed by atoms with E-state index in [4.69, 9.17) is 19.9 Å². The van der Waals surface area contributed by atoms with Gasteiger partial charge in [-0.1, -0.05) is 32.1 Å². The normalized spacial score (nSPS) is 12.0. The minimum absolute atomic E-state index is 0.777. The summed E-state index contributed by atoms with van der Waals surface area (Å²) in [6.45, 7) is 0.817. The summed E-state index contributed by atoms with van der Waals surface area (Å²) in [5, 5.41) is 0. The van der Waals surface area contributed by atoms with Crippen molar-refractivity contribution >= 4 is 0 Å². The van der Waals surface area contributed by atoms with Gasteiger partial charge in [-0.05, 0) is 19.4 Å². The maximum Gasteiger partial charge on any atom is 0.282 e. The van der Waals surface area contributed by atoms with Crippen LogP contribution in [0.4, 0.5) is 0 Å². The molecule has 0 rings (SSSR count). The fraction of sp³-hybridized carbons (Fsp3) is 1.00. The molecule has 0 aliphatic carbocycles. The van der Waals surface area contributed by atoms with Crippen molar-refractivity contribution in [1.29, 1.82) is 0 Å². The molecule has 0 aliphatic heterocycles. The lowest BCUT2D eigenvalue weighted by atomic mass is 10.1. The predicted molar refractivity (Wildman–Crippen MR) is 69.7 cm³/mol. The summed E-state index contributed by atoms with van der Waals surface area (Å²) in [5.41, 5.74) is 5.44. The van der Waals surface area contributed by atoms with Crippen molar-refractivity contribution in [3.8, 4) is 0 Å². The van der Waals surface area contributed by atoms with Crippen LogP contribution in [0.1, 0.15) is 51.4 Å². The molecule has 0 aromatic heterocycles. The smallest absolute Gasteiger partial charge is 0.282 e. The maximum atomic E-state index is 5.44. The molecule has 0 bridgehead atoms. The van der Waals surface area contributed by atoms with E-state index in [1.807, 2.05) is 0 Å². The summed E-state index contributed by atoms with van der Waals surface area (Å²) in [6.07, 6.45) is 9.29. The van der Waals surface area contributed by atoms with Crippen LogP contribution in [0, 0.1) is 0 Å². The lowest BCUT2D eigenvalue weighted by Crippen LogP contribution is -2.35. The summed E-state index contributed by atoms with van der Waals surface area (Å²) in [4.78, 5) is 0. The molecule has 0 unspecified atom stereocenters. The van der Waals surface area contributed by atoms with Gasteiger partial charge in [-0.2, -0.15) is 0 Å². The van der Waals surface area contributed by atoms with Crippen LogP contribution in [-0.2, 0) is 14.2 Å². The summed E-state index contributed by atoms with van der Waals surface area (Å²) in [7, 11) is 4.83. The second-order valence-corrected chi connectivity index (χ2v) is 4.31. The molecule has 0 aromatic rings. The van der Waals surface area contributed by atoms with Crippen molar-refractivity contribution in [3.63, 3.8) is 0 Å². The third-order valence-corrected chi connectivity index (χ3v) is 3.12. The average Bonchev–Trinajstić information content (AvgIpc) is 2.38. The molecule has 0 heterocycles. The second-order valence-electron chi connectivity index (χ2n) is 4.31. The van der Waals surface area contributed by atoms with Crippen molar-refractivity contribution in [1.82, 2.24) is 0 Å². The Kier molecular flexibility index (Phi) is 10.9. The Hall–Kier alpha value is -0.160. The van der Waals surface area contributed by atoms with Gasteiger partial charge in [0, 0.05) is 27.8 Å². The van der Waals surface area contributed by atoms with Crippen LogP contribution < -0.4 is 5.73 Å². The average molecular weight is 247 g/mol. The van der Waals surface area contributed by atoms with E-state index in [2.05, 4.69) is 0 Å². The monoisotopic (exact) mass is 247 g/mol. The van der Waals surface area contributed by atoms with Gasteiger partial charge < -0.3 is 19.9 Å². The zero-order chi connectivity index (χ0) is 13.0. The zero-order valence-electron chi connectivity index (χ0n) is 11.7. The van der Waals surface area contributed by atoms with E-state index in [1.165, 1.54) is 32.1 Å². The van der Waals surface area contributed by atoms with Crippen LogP contribution in [0.15, 0.2) is 0 Å². The number of ether oxygens (including phenoxy) is 3. The molecule has 2 N–H and O–H groups in total. The van der Waals surface area contributed by atoms with E-state index in [0.29, 0.717) is 0 Å². The van der Waals surface area contributed by atoms with E-state index < -0.39 is 5.97 Å². The summed E-state index contributed by atoms with van der Waals surface area (Å²) < 4.78 is 15.7. The first-order valence-electron chi connectivity index (χ1n) is 6.60. The van der Waals surface area contributed by atoms with Gasteiger partial charge >= 0.3 is 0 Å².